The summed E-state index contributed by atoms with van der Waals surface area (Å²) in [5.74, 6) is 0.00866. The highest BCUT2D eigenvalue weighted by atomic mass is 16.7. The van der Waals surface area contributed by atoms with Crippen molar-refractivity contribution in [2.45, 2.75) is 19.3 Å². The maximum absolute atomic E-state index is 11.0. The average molecular weight is 157 g/mol. The molecule has 0 heterocycles. The minimum Gasteiger partial charge on any atom is -0.275 e. The molecule has 0 saturated heterocycles. The summed E-state index contributed by atoms with van der Waals surface area (Å²) >= 11 is 0. The first-order valence-corrected chi connectivity index (χ1v) is 3.64. The summed E-state index contributed by atoms with van der Waals surface area (Å²) in [7, 11) is 3.08. The number of unbranched alkanes of at least 4 members (excludes halogenated alkanes) is 1. The van der Waals surface area contributed by atoms with Gasteiger partial charge in [0.05, 0.1) is 7.11 Å². The Morgan fingerprint density at radius 1 is 1.73 bits per heavy atom. The van der Waals surface area contributed by atoms with E-state index in [1.54, 1.807) is 13.1 Å². The van der Waals surface area contributed by atoms with E-state index in [0.717, 1.165) is 12.8 Å². The Kier molecular flexibility index (Phi) is 5.47. The maximum atomic E-state index is 11.0. The normalized spacial score (nSPS) is 9.27. The lowest BCUT2D eigenvalue weighted by atomic mass is 10.2. The van der Waals surface area contributed by atoms with Gasteiger partial charge in [-0.3, -0.25) is 9.63 Å². The first kappa shape index (κ1) is 10.2. The largest absolute Gasteiger partial charge is 0.275 e. The summed E-state index contributed by atoms with van der Waals surface area (Å²) in [6.45, 7) is 3.57. The van der Waals surface area contributed by atoms with E-state index in [4.69, 9.17) is 4.84 Å². The number of carbonyl (C=O) groups excluding carboxylic acids is 1. The maximum Gasteiger partial charge on any atom is 0.245 e. The summed E-state index contributed by atoms with van der Waals surface area (Å²) in [4.78, 5) is 15.7. The van der Waals surface area contributed by atoms with Crippen LogP contribution in [-0.2, 0) is 9.63 Å². The lowest BCUT2D eigenvalue weighted by molar-refractivity contribution is -0.168. The van der Waals surface area contributed by atoms with Crippen LogP contribution in [0.4, 0.5) is 0 Å². The Labute approximate surface area is 67.6 Å². The van der Waals surface area contributed by atoms with Gasteiger partial charge in [0, 0.05) is 13.5 Å². The molecule has 0 bridgehead atoms. The van der Waals surface area contributed by atoms with Gasteiger partial charge in [-0.2, -0.15) is 0 Å². The summed E-state index contributed by atoms with van der Waals surface area (Å²) in [5.41, 5.74) is 0. The topological polar surface area (TPSA) is 29.5 Å². The monoisotopic (exact) mass is 157 g/mol. The zero-order valence-corrected chi connectivity index (χ0v) is 7.17. The fourth-order valence-corrected chi connectivity index (χ4v) is 0.657. The van der Waals surface area contributed by atoms with E-state index >= 15 is 0 Å². The number of rotatable bonds is 5. The second-order valence-electron chi connectivity index (χ2n) is 2.25. The van der Waals surface area contributed by atoms with E-state index in [1.807, 2.05) is 0 Å². The number of hydrogen-bond acceptors (Lipinski definition) is 2. The summed E-state index contributed by atoms with van der Waals surface area (Å²) in [6, 6.07) is 0. The van der Waals surface area contributed by atoms with Crippen LogP contribution in [-0.4, -0.2) is 25.1 Å². The fraction of sp³-hybridized carbons (Fsp3) is 0.625. The molecular weight excluding hydrogens is 142 g/mol. The van der Waals surface area contributed by atoms with E-state index in [1.165, 1.54) is 12.2 Å². The van der Waals surface area contributed by atoms with Crippen molar-refractivity contribution in [1.29, 1.82) is 0 Å². The van der Waals surface area contributed by atoms with Gasteiger partial charge in [0.25, 0.3) is 0 Å². The lowest BCUT2D eigenvalue weighted by Crippen LogP contribution is -2.24. The first-order valence-electron chi connectivity index (χ1n) is 3.64. The molecule has 3 nitrogen and oxygen atoms in total. The molecule has 0 aromatic carbocycles. The second kappa shape index (κ2) is 5.92. The van der Waals surface area contributed by atoms with Crippen LogP contribution in [0.25, 0.3) is 0 Å². The van der Waals surface area contributed by atoms with Crippen LogP contribution in [0.15, 0.2) is 12.7 Å². The number of hydroxylamine groups is 2. The average Bonchev–Trinajstić information content (AvgIpc) is 2.03. The van der Waals surface area contributed by atoms with E-state index in [-0.39, 0.29) is 5.91 Å². The summed E-state index contributed by atoms with van der Waals surface area (Å²) < 4.78 is 0. The molecule has 0 aromatic heterocycles. The van der Waals surface area contributed by atoms with Crippen molar-refractivity contribution in [2.24, 2.45) is 0 Å². The highest BCUT2D eigenvalue weighted by Gasteiger charge is 2.05. The van der Waals surface area contributed by atoms with Crippen molar-refractivity contribution >= 4 is 5.91 Å². The van der Waals surface area contributed by atoms with Gasteiger partial charge in [0.1, 0.15) is 0 Å². The molecule has 0 spiro atoms. The third-order valence-corrected chi connectivity index (χ3v) is 1.42. The molecule has 11 heavy (non-hydrogen) atoms. The number of amides is 1. The summed E-state index contributed by atoms with van der Waals surface area (Å²) in [5, 5.41) is 1.24. The van der Waals surface area contributed by atoms with Gasteiger partial charge in [-0.05, 0) is 12.8 Å². The molecule has 0 aromatic rings. The van der Waals surface area contributed by atoms with Gasteiger partial charge in [-0.25, -0.2) is 5.06 Å². The van der Waals surface area contributed by atoms with Crippen LogP contribution in [0, 0.1) is 0 Å². The van der Waals surface area contributed by atoms with E-state index < -0.39 is 0 Å². The van der Waals surface area contributed by atoms with Gasteiger partial charge in [0.2, 0.25) is 5.91 Å². The number of nitrogens with zero attached hydrogens (tertiary/aromatic N) is 1. The predicted molar refractivity (Wildman–Crippen MR) is 43.8 cm³/mol. The highest BCUT2D eigenvalue weighted by molar-refractivity contribution is 5.74. The lowest BCUT2D eigenvalue weighted by Gasteiger charge is -2.12. The molecule has 0 aliphatic carbocycles. The predicted octanol–water partition coefficient (Wildman–Crippen LogP) is 1.36. The number of hydrogen-bond donors (Lipinski definition) is 0. The Hall–Kier alpha value is -0.830. The van der Waals surface area contributed by atoms with Crippen LogP contribution in [0.2, 0.25) is 0 Å². The Balaban J connectivity index is 3.43. The smallest absolute Gasteiger partial charge is 0.245 e. The van der Waals surface area contributed by atoms with Crippen molar-refractivity contribution < 1.29 is 9.63 Å². The molecule has 0 saturated carbocycles. The first-order chi connectivity index (χ1) is 5.22. The Morgan fingerprint density at radius 2 is 2.36 bits per heavy atom. The van der Waals surface area contributed by atoms with Crippen molar-refractivity contribution in [3.8, 4) is 0 Å². The molecule has 0 rings (SSSR count). The molecule has 3 heteroatoms. The van der Waals surface area contributed by atoms with Gasteiger partial charge in [0.15, 0.2) is 0 Å². The van der Waals surface area contributed by atoms with Gasteiger partial charge < -0.3 is 0 Å². The van der Waals surface area contributed by atoms with E-state index in [2.05, 4.69) is 6.58 Å². The molecule has 0 atom stereocenters. The van der Waals surface area contributed by atoms with Crippen molar-refractivity contribution in [2.75, 3.05) is 14.2 Å². The highest BCUT2D eigenvalue weighted by Crippen LogP contribution is 1.99. The van der Waals surface area contributed by atoms with Crippen molar-refractivity contribution in [3.63, 3.8) is 0 Å². The quantitative estimate of drug-likeness (QED) is 0.342. The molecule has 0 fully saturated rings. The van der Waals surface area contributed by atoms with E-state index in [9.17, 15) is 4.79 Å². The van der Waals surface area contributed by atoms with Crippen molar-refractivity contribution in [3.05, 3.63) is 12.7 Å². The molecular formula is C8H15NO2. The van der Waals surface area contributed by atoms with Gasteiger partial charge in [-0.1, -0.05) is 6.08 Å². The minimum absolute atomic E-state index is 0.00866. The Morgan fingerprint density at radius 3 is 2.82 bits per heavy atom. The van der Waals surface area contributed by atoms with Crippen molar-refractivity contribution in [1.82, 2.24) is 5.06 Å². The van der Waals surface area contributed by atoms with Gasteiger partial charge >= 0.3 is 0 Å². The van der Waals surface area contributed by atoms with Crippen LogP contribution in [0.5, 0.6) is 0 Å². The number of carbonyl (C=O) groups is 1. The van der Waals surface area contributed by atoms with Crippen LogP contribution in [0.1, 0.15) is 19.3 Å². The molecule has 0 unspecified atom stereocenters. The number of allylic oxidation sites excluding steroid dienone is 1. The zero-order chi connectivity index (χ0) is 8.69. The van der Waals surface area contributed by atoms with Crippen LogP contribution in [0.3, 0.4) is 0 Å². The SMILES string of the molecule is C=CCCCC(=O)N(C)OC. The Bertz CT molecular complexity index is 134. The molecule has 0 aliphatic rings. The molecule has 64 valence electrons. The van der Waals surface area contributed by atoms with Gasteiger partial charge in [-0.15, -0.1) is 6.58 Å². The third kappa shape index (κ3) is 4.56. The van der Waals surface area contributed by atoms with E-state index in [0.29, 0.717) is 6.42 Å². The fourth-order valence-electron chi connectivity index (χ4n) is 0.657. The molecule has 1 amide bonds. The third-order valence-electron chi connectivity index (χ3n) is 1.42. The standard InChI is InChI=1S/C8H15NO2/c1-4-5-6-7-8(10)9(2)11-3/h4H,1,5-7H2,2-3H3. The molecule has 0 radical (unpaired) electrons. The van der Waals surface area contributed by atoms with Crippen LogP contribution < -0.4 is 0 Å². The molecule has 0 aliphatic heterocycles. The molecule has 0 N–H and O–H groups in total. The summed E-state index contributed by atoms with van der Waals surface area (Å²) in [6.07, 6.45) is 4.05. The zero-order valence-electron chi connectivity index (χ0n) is 7.17. The minimum atomic E-state index is 0.00866. The van der Waals surface area contributed by atoms with Crippen LogP contribution >= 0.6 is 0 Å². The second-order valence-corrected chi connectivity index (χ2v) is 2.25.